The summed E-state index contributed by atoms with van der Waals surface area (Å²) in [6.07, 6.45) is 7.38. The molecule has 3 N–H and O–H groups in total. The zero-order valence-electron chi connectivity index (χ0n) is 11.3. The molecule has 0 aliphatic rings. The van der Waals surface area contributed by atoms with E-state index in [1.165, 1.54) is 25.7 Å². The Morgan fingerprint density at radius 1 is 1.19 bits per heavy atom. The molecule has 0 saturated heterocycles. The van der Waals surface area contributed by atoms with Crippen molar-refractivity contribution in [2.45, 2.75) is 65.3 Å². The summed E-state index contributed by atoms with van der Waals surface area (Å²) < 4.78 is 5.54. The first kappa shape index (κ1) is 15.9. The molecule has 2 unspecified atom stereocenters. The average molecular weight is 230 g/mol. The smallest absolute Gasteiger partial charge is 0.0633 e. The summed E-state index contributed by atoms with van der Waals surface area (Å²) in [6, 6.07) is 0.313. The number of nitrogens with one attached hydrogen (secondary N) is 1. The third-order valence-electron chi connectivity index (χ3n) is 3.06. The predicted molar refractivity (Wildman–Crippen MR) is 70.1 cm³/mol. The lowest BCUT2D eigenvalue weighted by Crippen LogP contribution is -2.40. The van der Waals surface area contributed by atoms with E-state index in [0.29, 0.717) is 6.04 Å². The molecule has 2 atom stereocenters. The molecule has 0 aromatic heterocycles. The van der Waals surface area contributed by atoms with Crippen LogP contribution in [0.3, 0.4) is 0 Å². The van der Waals surface area contributed by atoms with Crippen LogP contribution >= 0.6 is 0 Å². The van der Waals surface area contributed by atoms with Gasteiger partial charge in [0.25, 0.3) is 0 Å². The van der Waals surface area contributed by atoms with E-state index in [9.17, 15) is 0 Å². The molecule has 0 aliphatic heterocycles. The topological polar surface area (TPSA) is 47.3 Å². The second-order valence-corrected chi connectivity index (χ2v) is 4.59. The van der Waals surface area contributed by atoms with Gasteiger partial charge in [0.15, 0.2) is 0 Å². The van der Waals surface area contributed by atoms with E-state index in [-0.39, 0.29) is 0 Å². The largest absolute Gasteiger partial charge is 0.380 e. The van der Waals surface area contributed by atoms with E-state index >= 15 is 0 Å². The summed E-state index contributed by atoms with van der Waals surface area (Å²) in [5, 5.41) is 0. The van der Waals surface area contributed by atoms with Crippen LogP contribution in [0.4, 0.5) is 0 Å². The molecule has 0 aromatic carbocycles. The molecule has 0 aliphatic carbocycles. The van der Waals surface area contributed by atoms with Crippen molar-refractivity contribution in [1.82, 2.24) is 5.43 Å². The molecule has 3 heteroatoms. The normalized spacial score (nSPS) is 15.0. The van der Waals surface area contributed by atoms with Crippen molar-refractivity contribution in [3.63, 3.8) is 0 Å². The lowest BCUT2D eigenvalue weighted by molar-refractivity contribution is 0.103. The Bertz CT molecular complexity index is 142. The molecule has 0 heterocycles. The van der Waals surface area contributed by atoms with Gasteiger partial charge >= 0.3 is 0 Å². The van der Waals surface area contributed by atoms with E-state index in [0.717, 1.165) is 32.0 Å². The van der Waals surface area contributed by atoms with Gasteiger partial charge in [-0.15, -0.1) is 0 Å². The zero-order valence-corrected chi connectivity index (χ0v) is 11.3. The molecule has 0 fully saturated rings. The molecule has 0 radical (unpaired) electrons. The van der Waals surface area contributed by atoms with Crippen LogP contribution in [0.15, 0.2) is 0 Å². The van der Waals surface area contributed by atoms with Crippen molar-refractivity contribution in [3.8, 4) is 0 Å². The maximum Gasteiger partial charge on any atom is 0.0633 e. The van der Waals surface area contributed by atoms with Crippen molar-refractivity contribution < 1.29 is 4.74 Å². The summed E-state index contributed by atoms with van der Waals surface area (Å²) in [5.74, 6) is 6.34. The number of rotatable bonds is 11. The summed E-state index contributed by atoms with van der Waals surface area (Å²) in [6.45, 7) is 8.22. The van der Waals surface area contributed by atoms with Gasteiger partial charge in [-0.25, -0.2) is 0 Å². The Hall–Kier alpha value is -0.120. The van der Waals surface area contributed by atoms with E-state index in [4.69, 9.17) is 10.6 Å². The highest BCUT2D eigenvalue weighted by atomic mass is 16.5. The Morgan fingerprint density at radius 2 is 1.94 bits per heavy atom. The third kappa shape index (κ3) is 8.08. The van der Waals surface area contributed by atoms with Gasteiger partial charge in [-0.05, 0) is 18.8 Å². The molecule has 0 saturated carbocycles. The molecular weight excluding hydrogens is 200 g/mol. The van der Waals surface area contributed by atoms with E-state index in [2.05, 4.69) is 26.2 Å². The van der Waals surface area contributed by atoms with Gasteiger partial charge in [0.1, 0.15) is 0 Å². The van der Waals surface area contributed by atoms with Crippen molar-refractivity contribution in [2.75, 3.05) is 13.2 Å². The number of hydrogen-bond donors (Lipinski definition) is 2. The fourth-order valence-corrected chi connectivity index (χ4v) is 1.94. The minimum absolute atomic E-state index is 0.313. The summed E-state index contributed by atoms with van der Waals surface area (Å²) in [7, 11) is 0. The van der Waals surface area contributed by atoms with Crippen LogP contribution in [0.5, 0.6) is 0 Å². The van der Waals surface area contributed by atoms with Crippen LogP contribution in [0.25, 0.3) is 0 Å². The minimum Gasteiger partial charge on any atom is -0.380 e. The summed E-state index contributed by atoms with van der Waals surface area (Å²) in [4.78, 5) is 0. The fourth-order valence-electron chi connectivity index (χ4n) is 1.94. The van der Waals surface area contributed by atoms with Crippen molar-refractivity contribution in [3.05, 3.63) is 0 Å². The van der Waals surface area contributed by atoms with Gasteiger partial charge in [0.05, 0.1) is 6.61 Å². The SMILES string of the molecule is CCCCC(CC)CC(COCCC)NN. The quantitative estimate of drug-likeness (QED) is 0.326. The lowest BCUT2D eigenvalue weighted by atomic mass is 9.92. The van der Waals surface area contributed by atoms with Crippen LogP contribution in [-0.2, 0) is 4.74 Å². The highest BCUT2D eigenvalue weighted by molar-refractivity contribution is 4.69. The first-order valence-corrected chi connectivity index (χ1v) is 6.82. The third-order valence-corrected chi connectivity index (χ3v) is 3.06. The van der Waals surface area contributed by atoms with Crippen LogP contribution in [0.2, 0.25) is 0 Å². The van der Waals surface area contributed by atoms with Gasteiger partial charge < -0.3 is 4.74 Å². The molecule has 0 rings (SSSR count). The van der Waals surface area contributed by atoms with Gasteiger partial charge in [-0.3, -0.25) is 11.3 Å². The minimum atomic E-state index is 0.313. The zero-order chi connectivity index (χ0) is 12.2. The molecule has 0 bridgehead atoms. The Balaban J connectivity index is 3.77. The molecule has 0 aromatic rings. The van der Waals surface area contributed by atoms with Crippen LogP contribution in [-0.4, -0.2) is 19.3 Å². The lowest BCUT2D eigenvalue weighted by Gasteiger charge is -2.22. The monoisotopic (exact) mass is 230 g/mol. The van der Waals surface area contributed by atoms with Crippen molar-refractivity contribution in [1.29, 1.82) is 0 Å². The van der Waals surface area contributed by atoms with Crippen molar-refractivity contribution in [2.24, 2.45) is 11.8 Å². The fraction of sp³-hybridized carbons (Fsp3) is 1.00. The van der Waals surface area contributed by atoms with Crippen molar-refractivity contribution >= 4 is 0 Å². The average Bonchev–Trinajstić information content (AvgIpc) is 2.32. The second kappa shape index (κ2) is 11.4. The van der Waals surface area contributed by atoms with Crippen LogP contribution in [0, 0.1) is 5.92 Å². The maximum absolute atomic E-state index is 5.56. The Labute approximate surface area is 101 Å². The molecule has 3 nitrogen and oxygen atoms in total. The molecule has 98 valence electrons. The molecule has 0 spiro atoms. The van der Waals surface area contributed by atoms with Gasteiger partial charge in [0, 0.05) is 12.6 Å². The van der Waals surface area contributed by atoms with E-state index < -0.39 is 0 Å². The maximum atomic E-state index is 5.56. The second-order valence-electron chi connectivity index (χ2n) is 4.59. The molecule has 16 heavy (non-hydrogen) atoms. The molecular formula is C13H30N2O. The van der Waals surface area contributed by atoms with Gasteiger partial charge in [-0.2, -0.15) is 0 Å². The standard InChI is InChI=1S/C13H30N2O/c1-4-7-8-12(6-3)10-13(15-14)11-16-9-5-2/h12-13,15H,4-11,14H2,1-3H3. The first-order chi connectivity index (χ1) is 7.78. The van der Waals surface area contributed by atoms with Crippen LogP contribution < -0.4 is 11.3 Å². The number of ether oxygens (including phenoxy) is 1. The summed E-state index contributed by atoms with van der Waals surface area (Å²) >= 11 is 0. The molecule has 0 amide bonds. The predicted octanol–water partition coefficient (Wildman–Crippen LogP) is 2.85. The first-order valence-electron chi connectivity index (χ1n) is 6.82. The number of hydrogen-bond acceptors (Lipinski definition) is 3. The van der Waals surface area contributed by atoms with E-state index in [1.807, 2.05) is 0 Å². The van der Waals surface area contributed by atoms with E-state index in [1.54, 1.807) is 0 Å². The number of nitrogens with two attached hydrogens (primary N) is 1. The summed E-state index contributed by atoms with van der Waals surface area (Å²) in [5.41, 5.74) is 2.88. The Kier molecular flexibility index (Phi) is 11.3. The van der Waals surface area contributed by atoms with Gasteiger partial charge in [0.2, 0.25) is 0 Å². The van der Waals surface area contributed by atoms with Crippen LogP contribution in [0.1, 0.15) is 59.3 Å². The van der Waals surface area contributed by atoms with Gasteiger partial charge in [-0.1, -0.05) is 46.5 Å². The highest BCUT2D eigenvalue weighted by Crippen LogP contribution is 2.18. The highest BCUT2D eigenvalue weighted by Gasteiger charge is 2.13. The number of hydrazine groups is 1. The Morgan fingerprint density at radius 3 is 2.44 bits per heavy atom. The number of unbranched alkanes of at least 4 members (excludes halogenated alkanes) is 1.